The van der Waals surface area contributed by atoms with Gasteiger partial charge in [-0.25, -0.2) is 9.37 Å². The summed E-state index contributed by atoms with van der Waals surface area (Å²) in [6.45, 7) is 2.68. The molecule has 0 atom stereocenters. The van der Waals surface area contributed by atoms with Crippen LogP contribution in [0, 0.1) is 5.82 Å². The molecule has 2 aromatic carbocycles. The number of nitrogens with two attached hydrogens (primary N) is 2. The molecule has 0 aliphatic carbocycles. The van der Waals surface area contributed by atoms with Gasteiger partial charge in [0.05, 0.1) is 11.0 Å². The van der Waals surface area contributed by atoms with Gasteiger partial charge in [-0.2, -0.15) is 0 Å². The normalized spacial score (nSPS) is 11.1. The first-order chi connectivity index (χ1) is 9.58. The zero-order valence-electron chi connectivity index (χ0n) is 11.1. The molecule has 0 amide bonds. The second kappa shape index (κ2) is 4.52. The molecule has 0 saturated carbocycles. The summed E-state index contributed by atoms with van der Waals surface area (Å²) in [4.78, 5) is 4.56. The molecule has 5 heteroatoms. The maximum Gasteiger partial charge on any atom is 0.141 e. The molecule has 20 heavy (non-hydrogen) atoms. The molecule has 4 nitrogen and oxygen atoms in total. The Morgan fingerprint density at radius 2 is 1.80 bits per heavy atom. The zero-order chi connectivity index (χ0) is 14.3. The van der Waals surface area contributed by atoms with Crippen LogP contribution in [0.15, 0.2) is 36.4 Å². The van der Waals surface area contributed by atoms with Crippen molar-refractivity contribution >= 4 is 22.4 Å². The maximum absolute atomic E-state index is 13.4. The van der Waals surface area contributed by atoms with E-state index in [2.05, 4.69) is 4.98 Å². The van der Waals surface area contributed by atoms with E-state index in [-0.39, 0.29) is 5.82 Å². The molecule has 4 N–H and O–H groups in total. The lowest BCUT2D eigenvalue weighted by Gasteiger charge is -2.08. The van der Waals surface area contributed by atoms with E-state index >= 15 is 0 Å². The third kappa shape index (κ3) is 1.97. The quantitative estimate of drug-likeness (QED) is 0.703. The Hall–Kier alpha value is -2.56. The van der Waals surface area contributed by atoms with Gasteiger partial charge in [0, 0.05) is 23.5 Å². The van der Waals surface area contributed by atoms with E-state index in [1.54, 1.807) is 12.1 Å². The molecule has 0 saturated heterocycles. The van der Waals surface area contributed by atoms with Gasteiger partial charge in [-0.3, -0.25) is 0 Å². The summed E-state index contributed by atoms with van der Waals surface area (Å²) in [7, 11) is 0. The van der Waals surface area contributed by atoms with Gasteiger partial charge >= 0.3 is 0 Å². The minimum Gasteiger partial charge on any atom is -0.399 e. The van der Waals surface area contributed by atoms with Crippen molar-refractivity contribution in [2.75, 3.05) is 11.5 Å². The molecule has 102 valence electrons. The van der Waals surface area contributed by atoms with E-state index in [1.165, 1.54) is 12.1 Å². The third-order valence-electron chi connectivity index (χ3n) is 3.26. The molecular formula is C15H15FN4. The van der Waals surface area contributed by atoms with Crippen molar-refractivity contribution in [3.8, 4) is 11.4 Å². The molecule has 0 aliphatic rings. The standard InChI is InChI=1S/C15H15FN4/c1-2-20-14-7-10(16)3-4-13(14)19-15(20)9-5-11(17)8-12(18)6-9/h3-8H,2,17-18H2,1H3. The Morgan fingerprint density at radius 3 is 2.45 bits per heavy atom. The van der Waals surface area contributed by atoms with Crippen molar-refractivity contribution < 1.29 is 4.39 Å². The van der Waals surface area contributed by atoms with Gasteiger partial charge in [-0.05, 0) is 43.3 Å². The average Bonchev–Trinajstić information content (AvgIpc) is 2.75. The first-order valence-corrected chi connectivity index (χ1v) is 6.40. The Bertz CT molecular complexity index is 772. The van der Waals surface area contributed by atoms with Crippen molar-refractivity contribution in [2.24, 2.45) is 0 Å². The lowest BCUT2D eigenvalue weighted by Crippen LogP contribution is -1.99. The van der Waals surface area contributed by atoms with E-state index in [9.17, 15) is 4.39 Å². The fourth-order valence-electron chi connectivity index (χ4n) is 2.44. The Morgan fingerprint density at radius 1 is 1.10 bits per heavy atom. The van der Waals surface area contributed by atoms with E-state index < -0.39 is 0 Å². The molecule has 3 aromatic rings. The number of nitrogen functional groups attached to an aromatic ring is 2. The summed E-state index contributed by atoms with van der Waals surface area (Å²) >= 11 is 0. The highest BCUT2D eigenvalue weighted by Crippen LogP contribution is 2.28. The molecule has 1 heterocycles. The second-order valence-electron chi connectivity index (χ2n) is 4.70. The molecule has 0 aliphatic heterocycles. The van der Waals surface area contributed by atoms with Crippen LogP contribution in [0.3, 0.4) is 0 Å². The van der Waals surface area contributed by atoms with E-state index in [4.69, 9.17) is 11.5 Å². The number of hydrogen-bond donors (Lipinski definition) is 2. The number of nitrogens with zero attached hydrogens (tertiary/aromatic N) is 2. The van der Waals surface area contributed by atoms with Crippen molar-refractivity contribution in [3.63, 3.8) is 0 Å². The number of aromatic nitrogens is 2. The predicted molar refractivity (Wildman–Crippen MR) is 79.6 cm³/mol. The Kier molecular flexibility index (Phi) is 2.82. The highest BCUT2D eigenvalue weighted by Gasteiger charge is 2.13. The molecule has 0 radical (unpaired) electrons. The Labute approximate surface area is 115 Å². The molecular weight excluding hydrogens is 255 g/mol. The van der Waals surface area contributed by atoms with E-state index in [1.807, 2.05) is 23.6 Å². The van der Waals surface area contributed by atoms with Crippen LogP contribution in [-0.4, -0.2) is 9.55 Å². The van der Waals surface area contributed by atoms with Crippen molar-refractivity contribution in [2.45, 2.75) is 13.5 Å². The van der Waals surface area contributed by atoms with Gasteiger partial charge in [0.2, 0.25) is 0 Å². The predicted octanol–water partition coefficient (Wildman–Crippen LogP) is 3.03. The molecule has 0 fully saturated rings. The molecule has 0 spiro atoms. The molecule has 3 rings (SSSR count). The monoisotopic (exact) mass is 270 g/mol. The summed E-state index contributed by atoms with van der Waals surface area (Å²) in [5, 5.41) is 0. The number of hydrogen-bond acceptors (Lipinski definition) is 3. The first-order valence-electron chi connectivity index (χ1n) is 6.40. The van der Waals surface area contributed by atoms with Crippen LogP contribution in [0.1, 0.15) is 6.92 Å². The summed E-state index contributed by atoms with van der Waals surface area (Å²) in [5.41, 5.74) is 15.2. The van der Waals surface area contributed by atoms with Gasteiger partial charge in [0.15, 0.2) is 0 Å². The van der Waals surface area contributed by atoms with Crippen molar-refractivity contribution in [3.05, 3.63) is 42.2 Å². The number of imidazole rings is 1. The highest BCUT2D eigenvalue weighted by molar-refractivity contribution is 5.82. The van der Waals surface area contributed by atoms with Crippen molar-refractivity contribution in [1.82, 2.24) is 9.55 Å². The van der Waals surface area contributed by atoms with Crippen LogP contribution in [0.25, 0.3) is 22.4 Å². The van der Waals surface area contributed by atoms with E-state index in [0.717, 1.165) is 22.4 Å². The number of rotatable bonds is 2. The van der Waals surface area contributed by atoms with Gasteiger partial charge in [-0.1, -0.05) is 0 Å². The first kappa shape index (κ1) is 12.5. The van der Waals surface area contributed by atoms with Crippen LogP contribution in [0.4, 0.5) is 15.8 Å². The summed E-state index contributed by atoms with van der Waals surface area (Å²) < 4.78 is 15.4. The van der Waals surface area contributed by atoms with Crippen molar-refractivity contribution in [1.29, 1.82) is 0 Å². The highest BCUT2D eigenvalue weighted by atomic mass is 19.1. The second-order valence-corrected chi connectivity index (χ2v) is 4.70. The smallest absolute Gasteiger partial charge is 0.141 e. The number of aryl methyl sites for hydroxylation is 1. The van der Waals surface area contributed by atoms with Crippen LogP contribution in [0.5, 0.6) is 0 Å². The minimum atomic E-state index is -0.272. The maximum atomic E-state index is 13.4. The van der Waals surface area contributed by atoms with Crippen LogP contribution < -0.4 is 11.5 Å². The summed E-state index contributed by atoms with van der Waals surface area (Å²) in [6, 6.07) is 9.91. The lowest BCUT2D eigenvalue weighted by molar-refractivity contribution is 0.628. The summed E-state index contributed by atoms with van der Waals surface area (Å²) in [5.74, 6) is 0.470. The van der Waals surface area contributed by atoms with Crippen LogP contribution >= 0.6 is 0 Å². The number of benzene rings is 2. The number of fused-ring (bicyclic) bond motifs is 1. The molecule has 0 unspecified atom stereocenters. The Balaban J connectivity index is 2.30. The lowest BCUT2D eigenvalue weighted by atomic mass is 10.1. The number of halogens is 1. The minimum absolute atomic E-state index is 0.272. The average molecular weight is 270 g/mol. The molecule has 1 aromatic heterocycles. The largest absolute Gasteiger partial charge is 0.399 e. The van der Waals surface area contributed by atoms with Crippen LogP contribution in [0.2, 0.25) is 0 Å². The van der Waals surface area contributed by atoms with Gasteiger partial charge < -0.3 is 16.0 Å². The topological polar surface area (TPSA) is 69.9 Å². The fourth-order valence-corrected chi connectivity index (χ4v) is 2.44. The van der Waals surface area contributed by atoms with Gasteiger partial charge in [0.1, 0.15) is 11.6 Å². The van der Waals surface area contributed by atoms with Crippen LogP contribution in [-0.2, 0) is 6.54 Å². The zero-order valence-corrected chi connectivity index (χ0v) is 11.1. The van der Waals surface area contributed by atoms with E-state index in [0.29, 0.717) is 17.9 Å². The third-order valence-corrected chi connectivity index (χ3v) is 3.26. The number of anilines is 2. The SMILES string of the molecule is CCn1c(-c2cc(N)cc(N)c2)nc2ccc(F)cc21. The summed E-state index contributed by atoms with van der Waals surface area (Å²) in [6.07, 6.45) is 0. The molecule has 0 bridgehead atoms. The fraction of sp³-hybridized carbons (Fsp3) is 0.133. The van der Waals surface area contributed by atoms with Gasteiger partial charge in [0.25, 0.3) is 0 Å². The van der Waals surface area contributed by atoms with Gasteiger partial charge in [-0.15, -0.1) is 0 Å².